The molecule has 0 radical (unpaired) electrons. The molecule has 0 atom stereocenters. The van der Waals surface area contributed by atoms with Crippen molar-refractivity contribution in [2.45, 2.75) is 13.5 Å². The van der Waals surface area contributed by atoms with Crippen molar-refractivity contribution in [3.63, 3.8) is 0 Å². The maximum absolute atomic E-state index is 6.21. The molecule has 0 amide bonds. The molecular formula is C28H31N5O. The number of ether oxygens (including phenoxy) is 1. The van der Waals surface area contributed by atoms with Crippen LogP contribution in [0.25, 0.3) is 16.8 Å². The fraction of sp³-hybridized carbons (Fsp3) is 0.143. The monoisotopic (exact) mass is 453 g/mol. The molecule has 2 N–H and O–H groups in total. The quantitative estimate of drug-likeness (QED) is 0.338. The van der Waals surface area contributed by atoms with Crippen molar-refractivity contribution in [3.8, 4) is 16.8 Å². The van der Waals surface area contributed by atoms with Crippen LogP contribution in [-0.2, 0) is 11.3 Å². The van der Waals surface area contributed by atoms with Gasteiger partial charge in [-0.25, -0.2) is 10.4 Å². The normalized spacial score (nSPS) is 13.9. The smallest absolute Gasteiger partial charge is 0.142 e. The van der Waals surface area contributed by atoms with E-state index in [9.17, 15) is 0 Å². The number of amidine groups is 1. The predicted molar refractivity (Wildman–Crippen MR) is 141 cm³/mol. The highest BCUT2D eigenvalue weighted by Crippen LogP contribution is 2.28. The van der Waals surface area contributed by atoms with Crippen LogP contribution in [0.4, 0.5) is 0 Å². The van der Waals surface area contributed by atoms with Gasteiger partial charge in [0.05, 0.1) is 12.9 Å². The number of aromatic nitrogens is 2. The zero-order chi connectivity index (χ0) is 23.8. The zero-order valence-corrected chi connectivity index (χ0v) is 19.4. The Balaban J connectivity index is 0.00000342. The molecule has 1 aromatic heterocycles. The van der Waals surface area contributed by atoms with E-state index in [1.165, 1.54) is 0 Å². The summed E-state index contributed by atoms with van der Waals surface area (Å²) < 4.78 is 8.19. The van der Waals surface area contributed by atoms with Crippen molar-refractivity contribution in [1.82, 2.24) is 20.4 Å². The summed E-state index contributed by atoms with van der Waals surface area (Å²) in [5.41, 5.74) is 12.6. The minimum atomic E-state index is 0. The van der Waals surface area contributed by atoms with Crippen molar-refractivity contribution in [2.75, 3.05) is 13.1 Å². The standard InChI is InChI=1S/C28H29N5O.H2/c1-4-5-6-26(17-21(2)3)34-19-24-18-23(28-30-13-14-31-32-28)9-12-27(24)22-7-10-25(11-8-22)33-16-15-29-20-33;/h4-12,15-18,20,31H,1-2,13-14,19H2,3H3,(H,30,32);1H/b6-5-,26-17+;. The van der Waals surface area contributed by atoms with Gasteiger partial charge in [0.25, 0.3) is 0 Å². The van der Waals surface area contributed by atoms with Crippen LogP contribution in [0.2, 0.25) is 0 Å². The summed E-state index contributed by atoms with van der Waals surface area (Å²) in [6.45, 7) is 11.6. The second-order valence-corrected chi connectivity index (χ2v) is 7.95. The minimum absolute atomic E-state index is 0. The second-order valence-electron chi connectivity index (χ2n) is 7.95. The number of allylic oxidation sites excluding steroid dienone is 5. The molecule has 4 rings (SSSR count). The number of nitrogens with one attached hydrogen (secondary N) is 2. The lowest BCUT2D eigenvalue weighted by Gasteiger charge is -2.18. The molecule has 0 saturated heterocycles. The lowest BCUT2D eigenvalue weighted by molar-refractivity contribution is 0.211. The average molecular weight is 454 g/mol. The van der Waals surface area contributed by atoms with Crippen LogP contribution >= 0.6 is 0 Å². The molecule has 0 spiro atoms. The van der Waals surface area contributed by atoms with Gasteiger partial charge >= 0.3 is 0 Å². The van der Waals surface area contributed by atoms with Gasteiger partial charge in [-0.1, -0.05) is 55.1 Å². The molecule has 2 aromatic carbocycles. The first-order valence-corrected chi connectivity index (χ1v) is 11.2. The topological polar surface area (TPSA) is 63.5 Å². The number of nitrogens with zero attached hydrogens (tertiary/aromatic N) is 3. The summed E-state index contributed by atoms with van der Waals surface area (Å²) in [6.07, 6.45) is 12.9. The van der Waals surface area contributed by atoms with E-state index in [1.807, 2.05) is 35.9 Å². The molecular weight excluding hydrogens is 422 g/mol. The summed E-state index contributed by atoms with van der Waals surface area (Å²) in [5, 5.41) is 0. The molecule has 0 unspecified atom stereocenters. The molecule has 3 aromatic rings. The third-order valence-electron chi connectivity index (χ3n) is 5.25. The van der Waals surface area contributed by atoms with E-state index in [2.05, 4.69) is 76.5 Å². The van der Waals surface area contributed by atoms with Crippen LogP contribution in [0.15, 0.2) is 115 Å². The molecule has 2 heterocycles. The number of hydrazine groups is 1. The summed E-state index contributed by atoms with van der Waals surface area (Å²) in [6, 6.07) is 14.8. The van der Waals surface area contributed by atoms with Gasteiger partial charge in [0.2, 0.25) is 0 Å². The largest absolute Gasteiger partial charge is 0.489 e. The van der Waals surface area contributed by atoms with Crippen LogP contribution in [0, 0.1) is 0 Å². The van der Waals surface area contributed by atoms with E-state index in [-0.39, 0.29) is 1.43 Å². The van der Waals surface area contributed by atoms with E-state index in [1.54, 1.807) is 18.6 Å². The molecule has 0 fully saturated rings. The predicted octanol–water partition coefficient (Wildman–Crippen LogP) is 5.36. The maximum atomic E-state index is 6.21. The fourth-order valence-corrected chi connectivity index (χ4v) is 3.64. The fourth-order valence-electron chi connectivity index (χ4n) is 3.64. The van der Waals surface area contributed by atoms with E-state index >= 15 is 0 Å². The molecule has 34 heavy (non-hydrogen) atoms. The first kappa shape index (κ1) is 23.0. The van der Waals surface area contributed by atoms with Crippen molar-refractivity contribution in [2.24, 2.45) is 4.99 Å². The lowest BCUT2D eigenvalue weighted by Crippen LogP contribution is -2.43. The summed E-state index contributed by atoms with van der Waals surface area (Å²) >= 11 is 0. The Morgan fingerprint density at radius 1 is 1.21 bits per heavy atom. The Hall–Kier alpha value is -4.16. The van der Waals surface area contributed by atoms with Gasteiger partial charge in [-0.2, -0.15) is 0 Å². The molecule has 6 heteroatoms. The van der Waals surface area contributed by atoms with Crippen LogP contribution in [0.1, 0.15) is 19.5 Å². The number of hydrogen-bond donors (Lipinski definition) is 2. The summed E-state index contributed by atoms with van der Waals surface area (Å²) in [4.78, 5) is 8.74. The molecule has 0 aliphatic carbocycles. The molecule has 0 bridgehead atoms. The van der Waals surface area contributed by atoms with Crippen molar-refractivity contribution >= 4 is 5.84 Å². The Labute approximate surface area is 202 Å². The Morgan fingerprint density at radius 3 is 2.71 bits per heavy atom. The number of benzene rings is 2. The van der Waals surface area contributed by atoms with Gasteiger partial charge in [0, 0.05) is 31.6 Å². The lowest BCUT2D eigenvalue weighted by atomic mass is 9.97. The van der Waals surface area contributed by atoms with Crippen LogP contribution in [0.5, 0.6) is 0 Å². The van der Waals surface area contributed by atoms with E-state index in [4.69, 9.17) is 4.74 Å². The number of aliphatic imine (C=N–C) groups is 1. The van der Waals surface area contributed by atoms with Gasteiger partial charge in [-0.15, -0.1) is 0 Å². The minimum Gasteiger partial charge on any atom is -0.489 e. The Bertz CT molecular complexity index is 1240. The molecule has 1 aliphatic rings. The van der Waals surface area contributed by atoms with E-state index in [0.717, 1.165) is 58.2 Å². The van der Waals surface area contributed by atoms with Crippen LogP contribution in [-0.4, -0.2) is 28.5 Å². The summed E-state index contributed by atoms with van der Waals surface area (Å²) in [7, 11) is 0. The third-order valence-corrected chi connectivity index (χ3v) is 5.25. The van der Waals surface area contributed by atoms with E-state index < -0.39 is 0 Å². The van der Waals surface area contributed by atoms with Crippen molar-refractivity contribution in [3.05, 3.63) is 121 Å². The number of hydrogen-bond acceptors (Lipinski definition) is 5. The van der Waals surface area contributed by atoms with Crippen molar-refractivity contribution in [1.29, 1.82) is 0 Å². The first-order chi connectivity index (χ1) is 16.6. The zero-order valence-electron chi connectivity index (χ0n) is 19.4. The van der Waals surface area contributed by atoms with Crippen molar-refractivity contribution < 1.29 is 6.16 Å². The first-order valence-electron chi connectivity index (χ1n) is 11.2. The highest BCUT2D eigenvalue weighted by Gasteiger charge is 2.13. The highest BCUT2D eigenvalue weighted by molar-refractivity contribution is 5.99. The van der Waals surface area contributed by atoms with Gasteiger partial charge < -0.3 is 14.7 Å². The highest BCUT2D eigenvalue weighted by atomic mass is 16.5. The van der Waals surface area contributed by atoms with Crippen LogP contribution in [0.3, 0.4) is 0 Å². The average Bonchev–Trinajstić information content (AvgIpc) is 3.41. The van der Waals surface area contributed by atoms with Gasteiger partial charge in [0.15, 0.2) is 0 Å². The molecule has 174 valence electrons. The molecule has 0 saturated carbocycles. The molecule has 6 nitrogen and oxygen atoms in total. The Morgan fingerprint density at radius 2 is 2.03 bits per heavy atom. The summed E-state index contributed by atoms with van der Waals surface area (Å²) in [5.74, 6) is 1.56. The SMILES string of the molecule is C=C/C=C\C(=C/C(=C)C)OCc1cc(C2=NCCNN2)ccc1-c1ccc(-n2ccnc2)cc1.[HH]. The number of rotatable bonds is 9. The Kier molecular flexibility index (Phi) is 7.53. The number of imidazole rings is 1. The van der Waals surface area contributed by atoms with Crippen LogP contribution < -0.4 is 10.9 Å². The molecule has 1 aliphatic heterocycles. The van der Waals surface area contributed by atoms with Gasteiger partial charge in [-0.3, -0.25) is 4.99 Å². The second kappa shape index (κ2) is 11.1. The third kappa shape index (κ3) is 5.79. The maximum Gasteiger partial charge on any atom is 0.142 e. The van der Waals surface area contributed by atoms with Gasteiger partial charge in [-0.05, 0) is 54.0 Å². The van der Waals surface area contributed by atoms with E-state index in [0.29, 0.717) is 6.61 Å². The van der Waals surface area contributed by atoms with Gasteiger partial charge in [0.1, 0.15) is 18.2 Å².